The summed E-state index contributed by atoms with van der Waals surface area (Å²) in [5, 5.41) is 3.06. The lowest BCUT2D eigenvalue weighted by Crippen LogP contribution is -2.49. The van der Waals surface area contributed by atoms with Crippen molar-refractivity contribution in [2.24, 2.45) is 0 Å². The highest BCUT2D eigenvalue weighted by molar-refractivity contribution is 5.92. The Kier molecular flexibility index (Phi) is 4.68. The van der Waals surface area contributed by atoms with Crippen LogP contribution in [0.5, 0.6) is 0 Å². The van der Waals surface area contributed by atoms with Crippen molar-refractivity contribution in [1.29, 1.82) is 0 Å². The topological polar surface area (TPSA) is 90.1 Å². The number of carbonyl (C=O) groups is 1. The number of hydrogen-bond acceptors (Lipinski definition) is 5. The van der Waals surface area contributed by atoms with Gasteiger partial charge in [0.2, 0.25) is 11.9 Å². The van der Waals surface area contributed by atoms with Crippen molar-refractivity contribution in [2.45, 2.75) is 31.2 Å². The first kappa shape index (κ1) is 14.5. The van der Waals surface area contributed by atoms with E-state index in [-0.39, 0.29) is 17.4 Å². The fraction of sp³-hybridized carbons (Fsp3) is 0.500. The van der Waals surface area contributed by atoms with Crippen LogP contribution in [0.4, 0.5) is 5.95 Å². The van der Waals surface area contributed by atoms with Gasteiger partial charge in [-0.15, -0.1) is 0 Å². The summed E-state index contributed by atoms with van der Waals surface area (Å²) >= 11 is 0. The summed E-state index contributed by atoms with van der Waals surface area (Å²) in [6, 6.07) is 0. The first-order valence-corrected chi connectivity index (χ1v) is 6.70. The minimum absolute atomic E-state index is 0.124. The van der Waals surface area contributed by atoms with Gasteiger partial charge in [0, 0.05) is 31.1 Å². The third kappa shape index (κ3) is 3.77. The second kappa shape index (κ2) is 6.47. The van der Waals surface area contributed by atoms with Crippen LogP contribution in [0.1, 0.15) is 31.2 Å². The molecule has 1 fully saturated rings. The SMILES string of the molecule is COCC1(NC(=O)C=Cc2cnc(N)nc2)CCCC1. The molecular formula is C14H20N4O2. The number of rotatable bonds is 5. The molecule has 0 radical (unpaired) electrons. The summed E-state index contributed by atoms with van der Waals surface area (Å²) in [7, 11) is 1.66. The van der Waals surface area contributed by atoms with Gasteiger partial charge in [0.15, 0.2) is 0 Å². The molecule has 3 N–H and O–H groups in total. The molecule has 20 heavy (non-hydrogen) atoms. The molecule has 6 nitrogen and oxygen atoms in total. The van der Waals surface area contributed by atoms with Gasteiger partial charge in [-0.3, -0.25) is 4.79 Å². The van der Waals surface area contributed by atoms with Crippen LogP contribution in [0.25, 0.3) is 6.08 Å². The van der Waals surface area contributed by atoms with Gasteiger partial charge in [0.25, 0.3) is 0 Å². The molecule has 1 aliphatic rings. The zero-order valence-corrected chi connectivity index (χ0v) is 11.6. The van der Waals surface area contributed by atoms with E-state index in [2.05, 4.69) is 15.3 Å². The quantitative estimate of drug-likeness (QED) is 0.787. The highest BCUT2D eigenvalue weighted by Crippen LogP contribution is 2.29. The molecule has 0 aliphatic heterocycles. The monoisotopic (exact) mass is 276 g/mol. The Balaban J connectivity index is 1.95. The van der Waals surface area contributed by atoms with Crippen molar-refractivity contribution < 1.29 is 9.53 Å². The molecule has 0 bridgehead atoms. The van der Waals surface area contributed by atoms with E-state index in [1.165, 1.54) is 6.08 Å². The number of amides is 1. The molecule has 0 unspecified atom stereocenters. The number of anilines is 1. The van der Waals surface area contributed by atoms with E-state index in [0.717, 1.165) is 31.2 Å². The van der Waals surface area contributed by atoms with E-state index in [0.29, 0.717) is 6.61 Å². The second-order valence-corrected chi connectivity index (χ2v) is 5.12. The van der Waals surface area contributed by atoms with E-state index in [9.17, 15) is 4.79 Å². The minimum atomic E-state index is -0.214. The zero-order valence-electron chi connectivity index (χ0n) is 11.6. The van der Waals surface area contributed by atoms with Crippen LogP contribution in [-0.2, 0) is 9.53 Å². The minimum Gasteiger partial charge on any atom is -0.382 e. The third-order valence-electron chi connectivity index (χ3n) is 3.49. The Morgan fingerprint density at radius 2 is 2.10 bits per heavy atom. The largest absolute Gasteiger partial charge is 0.382 e. The number of aromatic nitrogens is 2. The maximum atomic E-state index is 12.0. The fourth-order valence-electron chi connectivity index (χ4n) is 2.54. The summed E-state index contributed by atoms with van der Waals surface area (Å²) in [5.74, 6) is 0.0948. The van der Waals surface area contributed by atoms with Gasteiger partial charge < -0.3 is 15.8 Å². The molecule has 1 aliphatic carbocycles. The van der Waals surface area contributed by atoms with E-state index in [4.69, 9.17) is 10.5 Å². The molecule has 1 saturated carbocycles. The predicted octanol–water partition coefficient (Wildman–Crippen LogP) is 1.15. The van der Waals surface area contributed by atoms with Gasteiger partial charge in [-0.25, -0.2) is 9.97 Å². The average Bonchev–Trinajstić information content (AvgIpc) is 2.87. The summed E-state index contributed by atoms with van der Waals surface area (Å²) < 4.78 is 5.23. The molecule has 1 aromatic heterocycles. The lowest BCUT2D eigenvalue weighted by Gasteiger charge is -2.28. The van der Waals surface area contributed by atoms with Gasteiger partial charge in [-0.05, 0) is 18.9 Å². The Morgan fingerprint density at radius 3 is 2.70 bits per heavy atom. The molecule has 108 valence electrons. The van der Waals surface area contributed by atoms with Gasteiger partial charge in [-0.2, -0.15) is 0 Å². The number of nitrogens with one attached hydrogen (secondary N) is 1. The highest BCUT2D eigenvalue weighted by Gasteiger charge is 2.34. The predicted molar refractivity (Wildman–Crippen MR) is 76.7 cm³/mol. The van der Waals surface area contributed by atoms with E-state index in [1.807, 2.05) is 0 Å². The molecule has 1 heterocycles. The molecule has 2 rings (SSSR count). The number of hydrogen-bond donors (Lipinski definition) is 2. The smallest absolute Gasteiger partial charge is 0.244 e. The Labute approximate surface area is 118 Å². The van der Waals surface area contributed by atoms with E-state index < -0.39 is 0 Å². The Hall–Kier alpha value is -1.95. The maximum Gasteiger partial charge on any atom is 0.244 e. The molecule has 0 aromatic carbocycles. The molecule has 0 saturated heterocycles. The van der Waals surface area contributed by atoms with Crippen molar-refractivity contribution in [2.75, 3.05) is 19.5 Å². The van der Waals surface area contributed by atoms with Gasteiger partial charge in [0.05, 0.1) is 12.1 Å². The number of methoxy groups -OCH3 is 1. The summed E-state index contributed by atoms with van der Waals surface area (Å²) in [6.45, 7) is 0.553. The molecular weight excluding hydrogens is 256 g/mol. The molecule has 6 heteroatoms. The fourth-order valence-corrected chi connectivity index (χ4v) is 2.54. The van der Waals surface area contributed by atoms with Crippen LogP contribution >= 0.6 is 0 Å². The van der Waals surface area contributed by atoms with Crippen molar-refractivity contribution in [3.05, 3.63) is 24.0 Å². The molecule has 0 atom stereocenters. The molecule has 1 aromatic rings. The Morgan fingerprint density at radius 1 is 1.45 bits per heavy atom. The van der Waals surface area contributed by atoms with Crippen molar-refractivity contribution in [1.82, 2.24) is 15.3 Å². The number of carbonyl (C=O) groups excluding carboxylic acids is 1. The first-order valence-electron chi connectivity index (χ1n) is 6.70. The molecule has 0 spiro atoms. The van der Waals surface area contributed by atoms with Crippen LogP contribution in [0.3, 0.4) is 0 Å². The van der Waals surface area contributed by atoms with Gasteiger partial charge >= 0.3 is 0 Å². The van der Waals surface area contributed by atoms with Crippen molar-refractivity contribution in [3.63, 3.8) is 0 Å². The van der Waals surface area contributed by atoms with Crippen molar-refractivity contribution in [3.8, 4) is 0 Å². The van der Waals surface area contributed by atoms with Crippen LogP contribution in [-0.4, -0.2) is 35.1 Å². The Bertz CT molecular complexity index is 478. The summed E-state index contributed by atoms with van der Waals surface area (Å²) in [5.41, 5.74) is 5.93. The lowest BCUT2D eigenvalue weighted by molar-refractivity contribution is -0.119. The highest BCUT2D eigenvalue weighted by atomic mass is 16.5. The lowest BCUT2D eigenvalue weighted by atomic mass is 9.99. The number of ether oxygens (including phenoxy) is 1. The van der Waals surface area contributed by atoms with Crippen LogP contribution in [0.15, 0.2) is 18.5 Å². The average molecular weight is 276 g/mol. The normalized spacial score (nSPS) is 17.4. The van der Waals surface area contributed by atoms with Crippen LogP contribution in [0, 0.1) is 0 Å². The van der Waals surface area contributed by atoms with E-state index >= 15 is 0 Å². The van der Waals surface area contributed by atoms with Crippen LogP contribution < -0.4 is 11.1 Å². The van der Waals surface area contributed by atoms with Crippen LogP contribution in [0.2, 0.25) is 0 Å². The van der Waals surface area contributed by atoms with Gasteiger partial charge in [-0.1, -0.05) is 12.8 Å². The number of nitrogen functional groups attached to an aromatic ring is 1. The number of nitrogens with two attached hydrogens (primary N) is 1. The second-order valence-electron chi connectivity index (χ2n) is 5.12. The maximum absolute atomic E-state index is 12.0. The zero-order chi connectivity index (χ0) is 14.4. The van der Waals surface area contributed by atoms with E-state index in [1.54, 1.807) is 25.6 Å². The third-order valence-corrected chi connectivity index (χ3v) is 3.49. The van der Waals surface area contributed by atoms with Gasteiger partial charge in [0.1, 0.15) is 0 Å². The standard InChI is InChI=1S/C14H20N4O2/c1-20-10-14(6-2-3-7-14)18-12(19)5-4-11-8-16-13(15)17-9-11/h4-5,8-9H,2-3,6-7,10H2,1H3,(H,18,19)(H2,15,16,17). The molecule has 1 amide bonds. The summed E-state index contributed by atoms with van der Waals surface area (Å²) in [6.07, 6.45) is 10.5. The van der Waals surface area contributed by atoms with Crippen molar-refractivity contribution >= 4 is 17.9 Å². The first-order chi connectivity index (χ1) is 9.63. The summed E-state index contributed by atoms with van der Waals surface area (Å²) in [4.78, 5) is 19.7. The number of nitrogens with zero attached hydrogens (tertiary/aromatic N) is 2.